The Kier molecular flexibility index (Phi) is 3.10. The molecule has 0 aliphatic carbocycles. The standard InChI is InChI=1S/C13H21NO/c1-8-6-12(15)10(3)9(2)11(8)7-13(4,5)14/h6,15H,7,14H2,1-5H3. The first-order chi connectivity index (χ1) is 6.72. The van der Waals surface area contributed by atoms with Crippen LogP contribution in [0.3, 0.4) is 0 Å². The molecule has 0 aliphatic rings. The molecule has 0 unspecified atom stereocenters. The van der Waals surface area contributed by atoms with Crippen LogP contribution in [-0.4, -0.2) is 10.6 Å². The molecule has 1 aromatic carbocycles. The van der Waals surface area contributed by atoms with Crippen LogP contribution in [-0.2, 0) is 6.42 Å². The zero-order valence-corrected chi connectivity index (χ0v) is 10.3. The molecule has 0 aliphatic heterocycles. The van der Waals surface area contributed by atoms with Gasteiger partial charge in [-0.25, -0.2) is 0 Å². The Labute approximate surface area is 92.1 Å². The van der Waals surface area contributed by atoms with Gasteiger partial charge in [-0.2, -0.15) is 0 Å². The van der Waals surface area contributed by atoms with E-state index in [2.05, 4.69) is 0 Å². The van der Waals surface area contributed by atoms with Crippen molar-refractivity contribution in [2.24, 2.45) is 5.73 Å². The van der Waals surface area contributed by atoms with Crippen LogP contribution in [0.2, 0.25) is 0 Å². The van der Waals surface area contributed by atoms with Crippen LogP contribution in [0.1, 0.15) is 36.1 Å². The lowest BCUT2D eigenvalue weighted by atomic mass is 9.88. The average molecular weight is 207 g/mol. The molecule has 0 aromatic heterocycles. The van der Waals surface area contributed by atoms with Crippen LogP contribution in [0.5, 0.6) is 5.75 Å². The van der Waals surface area contributed by atoms with E-state index in [-0.39, 0.29) is 5.54 Å². The van der Waals surface area contributed by atoms with Crippen molar-refractivity contribution in [3.8, 4) is 5.75 Å². The van der Waals surface area contributed by atoms with Gasteiger partial charge in [-0.3, -0.25) is 0 Å². The molecule has 2 nitrogen and oxygen atoms in total. The lowest BCUT2D eigenvalue weighted by Crippen LogP contribution is -2.35. The number of hydrogen-bond donors (Lipinski definition) is 2. The summed E-state index contributed by atoms with van der Waals surface area (Å²) in [5, 5.41) is 9.67. The number of benzene rings is 1. The fourth-order valence-corrected chi connectivity index (χ4v) is 1.84. The number of hydrogen-bond acceptors (Lipinski definition) is 2. The van der Waals surface area contributed by atoms with Gasteiger partial charge in [0.15, 0.2) is 0 Å². The van der Waals surface area contributed by atoms with Crippen molar-refractivity contribution in [3.05, 3.63) is 28.3 Å². The van der Waals surface area contributed by atoms with E-state index >= 15 is 0 Å². The highest BCUT2D eigenvalue weighted by molar-refractivity contribution is 5.47. The molecule has 0 amide bonds. The zero-order chi connectivity index (χ0) is 11.8. The van der Waals surface area contributed by atoms with Crippen molar-refractivity contribution < 1.29 is 5.11 Å². The third-order valence-electron chi connectivity index (χ3n) is 2.86. The summed E-state index contributed by atoms with van der Waals surface area (Å²) in [5.74, 6) is 0.378. The Morgan fingerprint density at radius 2 is 1.73 bits per heavy atom. The van der Waals surface area contributed by atoms with Crippen molar-refractivity contribution in [2.75, 3.05) is 0 Å². The summed E-state index contributed by atoms with van der Waals surface area (Å²) in [6, 6.07) is 1.82. The molecule has 0 bridgehead atoms. The van der Waals surface area contributed by atoms with E-state index < -0.39 is 0 Å². The summed E-state index contributed by atoms with van der Waals surface area (Å²) in [7, 11) is 0. The molecule has 2 heteroatoms. The lowest BCUT2D eigenvalue weighted by molar-refractivity contribution is 0.467. The van der Waals surface area contributed by atoms with Gasteiger partial charge < -0.3 is 10.8 Å². The van der Waals surface area contributed by atoms with Crippen molar-refractivity contribution >= 4 is 0 Å². The van der Waals surface area contributed by atoms with Crippen molar-refractivity contribution in [1.82, 2.24) is 0 Å². The molecule has 0 saturated carbocycles. The molecule has 15 heavy (non-hydrogen) atoms. The van der Waals surface area contributed by atoms with Crippen LogP contribution in [0, 0.1) is 20.8 Å². The third kappa shape index (κ3) is 2.72. The Hall–Kier alpha value is -1.02. The summed E-state index contributed by atoms with van der Waals surface area (Å²) in [6.07, 6.45) is 0.839. The number of phenolic OH excluding ortho intramolecular Hbond substituents is 1. The molecule has 3 N–H and O–H groups in total. The van der Waals surface area contributed by atoms with E-state index in [1.54, 1.807) is 0 Å². The Balaban J connectivity index is 3.24. The SMILES string of the molecule is Cc1cc(O)c(C)c(C)c1CC(C)(C)N. The lowest BCUT2D eigenvalue weighted by Gasteiger charge is -2.22. The van der Waals surface area contributed by atoms with E-state index in [0.717, 1.165) is 23.1 Å². The molecule has 1 rings (SSSR count). The quantitative estimate of drug-likeness (QED) is 0.783. The van der Waals surface area contributed by atoms with Crippen LogP contribution in [0.15, 0.2) is 6.07 Å². The van der Waals surface area contributed by atoms with Gasteiger partial charge in [-0.1, -0.05) is 0 Å². The van der Waals surface area contributed by atoms with E-state index in [9.17, 15) is 5.11 Å². The monoisotopic (exact) mass is 207 g/mol. The smallest absolute Gasteiger partial charge is 0.119 e. The number of rotatable bonds is 2. The normalized spacial score (nSPS) is 11.9. The predicted molar refractivity (Wildman–Crippen MR) is 64.3 cm³/mol. The average Bonchev–Trinajstić information content (AvgIpc) is 2.07. The Morgan fingerprint density at radius 3 is 2.20 bits per heavy atom. The van der Waals surface area contributed by atoms with Gasteiger partial charge in [0.05, 0.1) is 0 Å². The molecule has 0 radical (unpaired) electrons. The van der Waals surface area contributed by atoms with Gasteiger partial charge in [0.25, 0.3) is 0 Å². The van der Waals surface area contributed by atoms with Gasteiger partial charge in [-0.15, -0.1) is 0 Å². The second-order valence-electron chi connectivity index (χ2n) is 5.11. The van der Waals surface area contributed by atoms with Crippen LogP contribution < -0.4 is 5.73 Å². The van der Waals surface area contributed by atoms with Crippen molar-refractivity contribution in [1.29, 1.82) is 0 Å². The van der Waals surface area contributed by atoms with Gasteiger partial charge in [0, 0.05) is 5.54 Å². The second-order valence-corrected chi connectivity index (χ2v) is 5.11. The summed E-state index contributed by atoms with van der Waals surface area (Å²) in [6.45, 7) is 10.1. The summed E-state index contributed by atoms with van der Waals surface area (Å²) >= 11 is 0. The molecule has 0 atom stereocenters. The van der Waals surface area contributed by atoms with Crippen LogP contribution in [0.25, 0.3) is 0 Å². The van der Waals surface area contributed by atoms with E-state index in [4.69, 9.17) is 5.73 Å². The number of aryl methyl sites for hydroxylation is 1. The molecular formula is C13H21NO. The maximum atomic E-state index is 9.67. The Morgan fingerprint density at radius 1 is 1.20 bits per heavy atom. The molecule has 84 valence electrons. The summed E-state index contributed by atoms with van der Waals surface area (Å²) < 4.78 is 0. The van der Waals surface area contributed by atoms with Gasteiger partial charge in [-0.05, 0) is 69.4 Å². The predicted octanol–water partition coefficient (Wildman–Crippen LogP) is 2.60. The fourth-order valence-electron chi connectivity index (χ4n) is 1.84. The molecular weight excluding hydrogens is 186 g/mol. The molecule has 0 heterocycles. The third-order valence-corrected chi connectivity index (χ3v) is 2.86. The van der Waals surface area contributed by atoms with E-state index in [1.165, 1.54) is 5.56 Å². The van der Waals surface area contributed by atoms with Gasteiger partial charge in [0.2, 0.25) is 0 Å². The van der Waals surface area contributed by atoms with E-state index in [1.807, 2.05) is 40.7 Å². The molecule has 0 spiro atoms. The first-order valence-corrected chi connectivity index (χ1v) is 5.30. The highest BCUT2D eigenvalue weighted by Gasteiger charge is 2.17. The van der Waals surface area contributed by atoms with Crippen LogP contribution in [0.4, 0.5) is 0 Å². The number of nitrogens with two attached hydrogens (primary N) is 1. The van der Waals surface area contributed by atoms with Gasteiger partial charge in [0.1, 0.15) is 5.75 Å². The fraction of sp³-hybridized carbons (Fsp3) is 0.538. The van der Waals surface area contributed by atoms with Crippen molar-refractivity contribution in [2.45, 2.75) is 46.6 Å². The zero-order valence-electron chi connectivity index (χ0n) is 10.3. The van der Waals surface area contributed by atoms with Crippen LogP contribution >= 0.6 is 0 Å². The maximum Gasteiger partial charge on any atom is 0.119 e. The van der Waals surface area contributed by atoms with Crippen molar-refractivity contribution in [3.63, 3.8) is 0 Å². The first kappa shape index (κ1) is 12.1. The molecule has 1 aromatic rings. The summed E-state index contributed by atoms with van der Waals surface area (Å²) in [4.78, 5) is 0. The highest BCUT2D eigenvalue weighted by Crippen LogP contribution is 2.28. The minimum absolute atomic E-state index is 0.209. The Bertz CT molecular complexity index is 375. The minimum Gasteiger partial charge on any atom is -0.508 e. The first-order valence-electron chi connectivity index (χ1n) is 5.30. The molecule has 0 saturated heterocycles. The number of aromatic hydroxyl groups is 1. The largest absolute Gasteiger partial charge is 0.508 e. The maximum absolute atomic E-state index is 9.67. The minimum atomic E-state index is -0.209. The highest BCUT2D eigenvalue weighted by atomic mass is 16.3. The number of phenols is 1. The topological polar surface area (TPSA) is 46.2 Å². The van der Waals surface area contributed by atoms with Gasteiger partial charge >= 0.3 is 0 Å². The van der Waals surface area contributed by atoms with E-state index in [0.29, 0.717) is 5.75 Å². The molecule has 0 fully saturated rings. The second kappa shape index (κ2) is 3.86. The summed E-state index contributed by atoms with van der Waals surface area (Å²) in [5.41, 5.74) is 10.3.